The number of nitrogens with one attached hydrogen (secondary N) is 1. The number of H-pyrrole nitrogens is 1. The fourth-order valence-electron chi connectivity index (χ4n) is 2.54. The van der Waals surface area contributed by atoms with Crippen molar-refractivity contribution in [3.05, 3.63) is 55.4 Å². The highest BCUT2D eigenvalue weighted by atomic mass is 79.9. The predicted molar refractivity (Wildman–Crippen MR) is 96.5 cm³/mol. The van der Waals surface area contributed by atoms with Gasteiger partial charge in [-0.3, -0.25) is 19.4 Å². The van der Waals surface area contributed by atoms with Gasteiger partial charge in [-0.2, -0.15) is 13.2 Å². The molecule has 0 bridgehead atoms. The fraction of sp³-hybridized carbons (Fsp3) is 0.375. The van der Waals surface area contributed by atoms with Gasteiger partial charge >= 0.3 is 6.18 Å². The fourth-order valence-corrected chi connectivity index (χ4v) is 4.28. The van der Waals surface area contributed by atoms with Crippen molar-refractivity contribution >= 4 is 31.6 Å². The number of aromatic nitrogens is 2. The minimum absolute atomic E-state index is 0.117. The van der Waals surface area contributed by atoms with E-state index in [1.54, 1.807) is 0 Å². The van der Waals surface area contributed by atoms with Gasteiger partial charge in [-0.1, -0.05) is 15.9 Å². The van der Waals surface area contributed by atoms with Gasteiger partial charge in [0.25, 0.3) is 5.56 Å². The van der Waals surface area contributed by atoms with Crippen molar-refractivity contribution in [2.75, 3.05) is 0 Å². The SMILES string of the molecule is Cc1[nH]n(C)c(=O)c1C(=O)c1ccc(Br)cc1CS(=O)(=O)C(C)C(F)(F)F. The smallest absolute Gasteiger partial charge is 0.299 e. The lowest BCUT2D eigenvalue weighted by Crippen LogP contribution is -2.35. The molecule has 1 heterocycles. The maximum absolute atomic E-state index is 12.9. The van der Waals surface area contributed by atoms with Crippen molar-refractivity contribution < 1.29 is 26.4 Å². The van der Waals surface area contributed by atoms with Crippen LogP contribution in [0.2, 0.25) is 0 Å². The van der Waals surface area contributed by atoms with Crippen molar-refractivity contribution in [2.45, 2.75) is 31.0 Å². The minimum Gasteiger partial charge on any atom is -0.299 e. The van der Waals surface area contributed by atoms with Gasteiger partial charge in [0.15, 0.2) is 15.1 Å². The maximum atomic E-state index is 12.9. The van der Waals surface area contributed by atoms with E-state index in [-0.39, 0.29) is 22.4 Å². The molecule has 0 saturated heterocycles. The molecule has 0 aliphatic rings. The molecular weight excluding hydrogens is 453 g/mol. The van der Waals surface area contributed by atoms with Crippen LogP contribution < -0.4 is 5.56 Å². The van der Waals surface area contributed by atoms with Gasteiger partial charge in [0, 0.05) is 22.8 Å². The summed E-state index contributed by atoms with van der Waals surface area (Å²) in [5.41, 5.74) is -0.794. The van der Waals surface area contributed by atoms with Crippen LogP contribution in [0.25, 0.3) is 0 Å². The number of carbonyl (C=O) groups excluding carboxylic acids is 1. The molecular formula is C16H16BrF3N2O4S. The highest BCUT2D eigenvalue weighted by Crippen LogP contribution is 2.29. The van der Waals surface area contributed by atoms with Crippen LogP contribution >= 0.6 is 15.9 Å². The maximum Gasteiger partial charge on any atom is 0.405 e. The number of benzene rings is 1. The van der Waals surface area contributed by atoms with Gasteiger partial charge in [0.05, 0.1) is 5.75 Å². The van der Waals surface area contributed by atoms with E-state index in [4.69, 9.17) is 0 Å². The number of hydrogen-bond acceptors (Lipinski definition) is 4. The molecule has 0 amide bonds. The van der Waals surface area contributed by atoms with Gasteiger partial charge in [0.1, 0.15) is 5.56 Å². The zero-order valence-corrected chi connectivity index (χ0v) is 16.9. The van der Waals surface area contributed by atoms with Gasteiger partial charge in [-0.15, -0.1) is 0 Å². The molecule has 1 unspecified atom stereocenters. The Hall–Kier alpha value is -1.88. The van der Waals surface area contributed by atoms with Crippen molar-refractivity contribution in [1.82, 2.24) is 9.78 Å². The molecule has 6 nitrogen and oxygen atoms in total. The second-order valence-corrected chi connectivity index (χ2v) is 9.33. The van der Waals surface area contributed by atoms with Crippen LogP contribution in [0.1, 0.15) is 34.1 Å². The summed E-state index contributed by atoms with van der Waals surface area (Å²) in [4.78, 5) is 25.0. The van der Waals surface area contributed by atoms with E-state index in [1.165, 1.54) is 32.2 Å². The molecule has 11 heteroatoms. The summed E-state index contributed by atoms with van der Waals surface area (Å²) < 4.78 is 64.4. The molecule has 0 spiro atoms. The Morgan fingerprint density at radius 1 is 1.33 bits per heavy atom. The van der Waals surface area contributed by atoms with Gasteiger partial charge < -0.3 is 0 Å². The first kappa shape index (κ1) is 21.4. The van der Waals surface area contributed by atoms with Crippen molar-refractivity contribution in [2.24, 2.45) is 7.05 Å². The number of sulfone groups is 1. The Labute approximate surface area is 161 Å². The molecule has 148 valence electrons. The average molecular weight is 469 g/mol. The Bertz CT molecular complexity index is 1050. The third kappa shape index (κ3) is 4.34. The number of hydrogen-bond donors (Lipinski definition) is 1. The largest absolute Gasteiger partial charge is 0.405 e. The molecule has 0 radical (unpaired) electrons. The molecule has 1 N–H and O–H groups in total. The van der Waals surface area contributed by atoms with E-state index in [2.05, 4.69) is 21.0 Å². The van der Waals surface area contributed by atoms with E-state index in [0.29, 0.717) is 11.4 Å². The zero-order valence-electron chi connectivity index (χ0n) is 14.5. The number of rotatable bonds is 5. The van der Waals surface area contributed by atoms with E-state index >= 15 is 0 Å². The minimum atomic E-state index is -4.93. The molecule has 0 aliphatic carbocycles. The number of aryl methyl sites for hydroxylation is 2. The Balaban J connectivity index is 2.56. The highest BCUT2D eigenvalue weighted by molar-refractivity contribution is 9.10. The standard InChI is InChI=1S/C16H16BrF3N2O4S/c1-8-13(15(24)22(3)21-8)14(23)12-5-4-11(17)6-10(12)7-27(25,26)9(2)16(18,19)20/h4-6,9,21H,7H2,1-3H3. The van der Waals surface area contributed by atoms with E-state index < -0.39 is 38.4 Å². The Morgan fingerprint density at radius 3 is 2.41 bits per heavy atom. The van der Waals surface area contributed by atoms with Crippen LogP contribution in [0.4, 0.5) is 13.2 Å². The zero-order chi connectivity index (χ0) is 20.7. The van der Waals surface area contributed by atoms with Gasteiger partial charge in [-0.25, -0.2) is 8.42 Å². The molecule has 1 atom stereocenters. The first-order valence-electron chi connectivity index (χ1n) is 7.62. The molecule has 0 aliphatic heterocycles. The van der Waals surface area contributed by atoms with Crippen molar-refractivity contribution in [1.29, 1.82) is 0 Å². The van der Waals surface area contributed by atoms with Crippen molar-refractivity contribution in [3.63, 3.8) is 0 Å². The summed E-state index contributed by atoms with van der Waals surface area (Å²) in [7, 11) is -3.22. The average Bonchev–Trinajstić information content (AvgIpc) is 2.77. The molecule has 27 heavy (non-hydrogen) atoms. The molecule has 1 aromatic carbocycles. The molecule has 0 fully saturated rings. The van der Waals surface area contributed by atoms with Crippen LogP contribution in [0.3, 0.4) is 0 Å². The molecule has 2 aromatic rings. The Morgan fingerprint density at radius 2 is 1.93 bits per heavy atom. The summed E-state index contributed by atoms with van der Waals surface area (Å²) in [6, 6.07) is 3.99. The molecule has 1 aromatic heterocycles. The third-order valence-corrected chi connectivity index (χ3v) is 6.68. The Kier molecular flexibility index (Phi) is 5.77. The second kappa shape index (κ2) is 7.27. The lowest BCUT2D eigenvalue weighted by molar-refractivity contribution is -0.126. The summed E-state index contributed by atoms with van der Waals surface area (Å²) in [5, 5.41) is 0.0617. The highest BCUT2D eigenvalue weighted by Gasteiger charge is 2.45. The van der Waals surface area contributed by atoms with Crippen LogP contribution in [-0.2, 0) is 22.6 Å². The monoisotopic (exact) mass is 468 g/mol. The third-order valence-electron chi connectivity index (χ3n) is 4.12. The second-order valence-electron chi connectivity index (χ2n) is 6.10. The predicted octanol–water partition coefficient (Wildman–Crippen LogP) is 2.88. The quantitative estimate of drug-likeness (QED) is 0.683. The van der Waals surface area contributed by atoms with Crippen LogP contribution in [-0.4, -0.2) is 35.4 Å². The molecule has 0 saturated carbocycles. The lowest BCUT2D eigenvalue weighted by atomic mass is 9.99. The number of nitrogens with zero attached hydrogens (tertiary/aromatic N) is 1. The van der Waals surface area contributed by atoms with Crippen LogP contribution in [0.5, 0.6) is 0 Å². The van der Waals surface area contributed by atoms with E-state index in [1.807, 2.05) is 0 Å². The summed E-state index contributed by atoms with van der Waals surface area (Å²) >= 11 is 3.12. The van der Waals surface area contributed by atoms with Crippen LogP contribution in [0.15, 0.2) is 27.5 Å². The summed E-state index contributed by atoms with van der Waals surface area (Å²) in [6.45, 7) is 2.05. The number of aromatic amines is 1. The number of ketones is 1. The van der Waals surface area contributed by atoms with Gasteiger partial charge in [-0.05, 0) is 37.6 Å². The summed E-state index contributed by atoms with van der Waals surface area (Å²) in [5.74, 6) is -1.75. The van der Waals surface area contributed by atoms with Crippen molar-refractivity contribution in [3.8, 4) is 0 Å². The normalized spacial score (nSPS) is 13.6. The lowest BCUT2D eigenvalue weighted by Gasteiger charge is -2.17. The van der Waals surface area contributed by atoms with Gasteiger partial charge in [0.2, 0.25) is 5.78 Å². The number of halogens is 4. The van der Waals surface area contributed by atoms with E-state index in [9.17, 15) is 31.2 Å². The molecule has 2 rings (SSSR count). The van der Waals surface area contributed by atoms with Crippen LogP contribution in [0, 0.1) is 6.92 Å². The number of alkyl halides is 3. The number of carbonyl (C=O) groups is 1. The first-order valence-corrected chi connectivity index (χ1v) is 10.1. The summed E-state index contributed by atoms with van der Waals surface area (Å²) in [6.07, 6.45) is -4.93. The van der Waals surface area contributed by atoms with E-state index in [0.717, 1.165) is 4.68 Å². The first-order chi connectivity index (χ1) is 12.3. The topological polar surface area (TPSA) is 89.0 Å².